The van der Waals surface area contributed by atoms with Crippen LogP contribution in [-0.2, 0) is 14.6 Å². The van der Waals surface area contributed by atoms with E-state index in [1.54, 1.807) is 0 Å². The van der Waals surface area contributed by atoms with Crippen molar-refractivity contribution in [2.75, 3.05) is 24.6 Å². The molecule has 0 aromatic heterocycles. The highest BCUT2D eigenvalue weighted by Crippen LogP contribution is 2.32. The average molecular weight is 277 g/mol. The molecule has 1 atom stereocenters. The van der Waals surface area contributed by atoms with Crippen molar-refractivity contribution in [2.24, 2.45) is 0 Å². The number of aliphatic carboxylic acids is 1. The highest BCUT2D eigenvalue weighted by molar-refractivity contribution is 7.91. The van der Waals surface area contributed by atoms with Crippen LogP contribution < -0.4 is 0 Å². The zero-order valence-electron chi connectivity index (χ0n) is 11.2. The van der Waals surface area contributed by atoms with Crippen molar-refractivity contribution < 1.29 is 18.3 Å². The van der Waals surface area contributed by atoms with E-state index in [1.807, 2.05) is 18.7 Å². The molecule has 5 nitrogen and oxygen atoms in total. The van der Waals surface area contributed by atoms with Crippen LogP contribution in [0.25, 0.3) is 0 Å². The van der Waals surface area contributed by atoms with Gasteiger partial charge < -0.3 is 5.11 Å². The first kappa shape index (κ1) is 15.4. The number of sulfone groups is 1. The van der Waals surface area contributed by atoms with Crippen LogP contribution in [0.4, 0.5) is 0 Å². The third kappa shape index (κ3) is 3.23. The number of carbonyl (C=O) groups is 1. The van der Waals surface area contributed by atoms with Gasteiger partial charge in [0.2, 0.25) is 0 Å². The number of carboxylic acid groups (broad SMARTS) is 1. The SMILES string of the molecule is CCCS(=O)(=O)CCN1CCCC1(CC)C(=O)O. The fraction of sp³-hybridized carbons (Fsp3) is 0.917. The molecular weight excluding hydrogens is 254 g/mol. The molecule has 0 bridgehead atoms. The second-order valence-corrected chi connectivity index (χ2v) is 7.24. The smallest absolute Gasteiger partial charge is 0.324 e. The van der Waals surface area contributed by atoms with E-state index in [2.05, 4.69) is 0 Å². The third-order valence-corrected chi connectivity index (χ3v) is 5.63. The summed E-state index contributed by atoms with van der Waals surface area (Å²) in [7, 11) is -3.04. The molecule has 1 heterocycles. The molecule has 0 aromatic carbocycles. The lowest BCUT2D eigenvalue weighted by molar-refractivity contribution is -0.149. The lowest BCUT2D eigenvalue weighted by atomic mass is 9.93. The molecule has 18 heavy (non-hydrogen) atoms. The molecule has 0 radical (unpaired) electrons. The molecule has 0 spiro atoms. The van der Waals surface area contributed by atoms with E-state index in [9.17, 15) is 18.3 Å². The Hall–Kier alpha value is -0.620. The predicted molar refractivity (Wildman–Crippen MR) is 70.4 cm³/mol. The molecule has 106 valence electrons. The van der Waals surface area contributed by atoms with Crippen molar-refractivity contribution >= 4 is 15.8 Å². The number of nitrogens with zero attached hydrogens (tertiary/aromatic N) is 1. The second-order valence-electron chi connectivity index (χ2n) is 4.93. The van der Waals surface area contributed by atoms with E-state index in [0.717, 1.165) is 6.42 Å². The first-order valence-electron chi connectivity index (χ1n) is 6.57. The maximum Gasteiger partial charge on any atom is 0.324 e. The lowest BCUT2D eigenvalue weighted by Crippen LogP contribution is -2.51. The van der Waals surface area contributed by atoms with Gasteiger partial charge >= 0.3 is 5.97 Å². The summed E-state index contributed by atoms with van der Waals surface area (Å²) in [5.41, 5.74) is -0.846. The first-order valence-corrected chi connectivity index (χ1v) is 8.39. The van der Waals surface area contributed by atoms with E-state index in [4.69, 9.17) is 0 Å². The molecule has 1 fully saturated rings. The van der Waals surface area contributed by atoms with Crippen molar-refractivity contribution in [3.63, 3.8) is 0 Å². The van der Waals surface area contributed by atoms with Crippen molar-refractivity contribution in [1.29, 1.82) is 0 Å². The van der Waals surface area contributed by atoms with Crippen LogP contribution in [-0.4, -0.2) is 54.5 Å². The van der Waals surface area contributed by atoms with Gasteiger partial charge in [-0.1, -0.05) is 13.8 Å². The summed E-state index contributed by atoms with van der Waals surface area (Å²) in [6, 6.07) is 0. The van der Waals surface area contributed by atoms with E-state index >= 15 is 0 Å². The minimum absolute atomic E-state index is 0.0653. The maximum absolute atomic E-state index is 11.7. The van der Waals surface area contributed by atoms with Crippen LogP contribution in [0.2, 0.25) is 0 Å². The summed E-state index contributed by atoms with van der Waals surface area (Å²) in [5.74, 6) is -0.571. The summed E-state index contributed by atoms with van der Waals surface area (Å²) in [5, 5.41) is 9.38. The Morgan fingerprint density at radius 1 is 1.33 bits per heavy atom. The molecule has 1 N–H and O–H groups in total. The quantitative estimate of drug-likeness (QED) is 0.755. The van der Waals surface area contributed by atoms with Crippen LogP contribution in [0.3, 0.4) is 0 Å². The Kier molecular flexibility index (Phi) is 5.16. The molecule has 0 saturated carbocycles. The molecular formula is C12H23NO4S. The average Bonchev–Trinajstić information content (AvgIpc) is 2.70. The number of rotatable bonds is 7. The minimum Gasteiger partial charge on any atom is -0.480 e. The number of carboxylic acids is 1. The van der Waals surface area contributed by atoms with Gasteiger partial charge in [0, 0.05) is 12.3 Å². The summed E-state index contributed by atoms with van der Waals surface area (Å²) < 4.78 is 23.4. The summed E-state index contributed by atoms with van der Waals surface area (Å²) in [6.07, 6.45) is 2.58. The second kappa shape index (κ2) is 6.02. The Bertz CT molecular complexity index is 393. The van der Waals surface area contributed by atoms with Gasteiger partial charge in [0.1, 0.15) is 5.54 Å². The van der Waals surface area contributed by atoms with E-state index in [0.29, 0.717) is 32.4 Å². The van der Waals surface area contributed by atoms with Crippen molar-refractivity contribution in [3.05, 3.63) is 0 Å². The van der Waals surface area contributed by atoms with Gasteiger partial charge in [0.15, 0.2) is 9.84 Å². The predicted octanol–water partition coefficient (Wildman–Crippen LogP) is 1.14. The van der Waals surface area contributed by atoms with Gasteiger partial charge in [0.05, 0.1) is 5.75 Å². The van der Waals surface area contributed by atoms with Crippen LogP contribution in [0.5, 0.6) is 0 Å². The van der Waals surface area contributed by atoms with Gasteiger partial charge in [-0.05, 0) is 32.2 Å². The largest absolute Gasteiger partial charge is 0.480 e. The van der Waals surface area contributed by atoms with Crippen LogP contribution in [0.1, 0.15) is 39.5 Å². The fourth-order valence-electron chi connectivity index (χ4n) is 2.72. The number of likely N-dealkylation sites (tertiary alicyclic amines) is 1. The zero-order chi connectivity index (χ0) is 13.8. The van der Waals surface area contributed by atoms with Gasteiger partial charge in [-0.25, -0.2) is 8.42 Å². The summed E-state index contributed by atoms with van der Waals surface area (Å²) in [4.78, 5) is 13.3. The maximum atomic E-state index is 11.7. The Balaban J connectivity index is 2.69. The van der Waals surface area contributed by atoms with Crippen LogP contribution >= 0.6 is 0 Å². The zero-order valence-corrected chi connectivity index (χ0v) is 12.0. The first-order chi connectivity index (χ1) is 8.38. The van der Waals surface area contributed by atoms with Crippen LogP contribution in [0.15, 0.2) is 0 Å². The molecule has 6 heteroatoms. The summed E-state index contributed by atoms with van der Waals surface area (Å²) in [6.45, 7) is 4.71. The molecule has 1 saturated heterocycles. The highest BCUT2D eigenvalue weighted by atomic mass is 32.2. The molecule has 0 amide bonds. The van der Waals surface area contributed by atoms with E-state index < -0.39 is 21.3 Å². The van der Waals surface area contributed by atoms with E-state index in [1.165, 1.54) is 0 Å². The molecule has 0 aliphatic carbocycles. The molecule has 1 aliphatic heterocycles. The topological polar surface area (TPSA) is 74.7 Å². The van der Waals surface area contributed by atoms with Gasteiger partial charge in [-0.2, -0.15) is 0 Å². The normalized spacial score (nSPS) is 25.4. The minimum atomic E-state index is -3.04. The third-order valence-electron chi connectivity index (χ3n) is 3.79. The molecule has 0 aromatic rings. The van der Waals surface area contributed by atoms with Gasteiger partial charge in [0.25, 0.3) is 0 Å². The molecule has 1 aliphatic rings. The summed E-state index contributed by atoms with van der Waals surface area (Å²) >= 11 is 0. The van der Waals surface area contributed by atoms with E-state index in [-0.39, 0.29) is 11.5 Å². The Morgan fingerprint density at radius 2 is 2.00 bits per heavy atom. The van der Waals surface area contributed by atoms with Gasteiger partial charge in [-0.3, -0.25) is 9.69 Å². The van der Waals surface area contributed by atoms with Gasteiger partial charge in [-0.15, -0.1) is 0 Å². The Labute approximate surface area is 109 Å². The highest BCUT2D eigenvalue weighted by Gasteiger charge is 2.45. The molecule has 1 rings (SSSR count). The Morgan fingerprint density at radius 3 is 2.50 bits per heavy atom. The lowest BCUT2D eigenvalue weighted by Gasteiger charge is -2.33. The molecule has 1 unspecified atom stereocenters. The number of hydrogen-bond acceptors (Lipinski definition) is 4. The fourth-order valence-corrected chi connectivity index (χ4v) is 4.04. The van der Waals surface area contributed by atoms with Crippen molar-refractivity contribution in [1.82, 2.24) is 4.90 Å². The van der Waals surface area contributed by atoms with Crippen molar-refractivity contribution in [2.45, 2.75) is 45.1 Å². The number of hydrogen-bond donors (Lipinski definition) is 1. The van der Waals surface area contributed by atoms with Crippen LogP contribution in [0, 0.1) is 0 Å². The monoisotopic (exact) mass is 277 g/mol. The standard InChI is InChI=1S/C12H23NO4S/c1-3-9-18(16,17)10-8-13-7-5-6-12(13,4-2)11(14)15/h3-10H2,1-2H3,(H,14,15). The van der Waals surface area contributed by atoms with Crippen molar-refractivity contribution in [3.8, 4) is 0 Å².